The van der Waals surface area contributed by atoms with Crippen molar-refractivity contribution >= 4 is 10.0 Å². The predicted octanol–water partition coefficient (Wildman–Crippen LogP) is 0.815. The zero-order valence-electron chi connectivity index (χ0n) is 11.3. The third-order valence-corrected chi connectivity index (χ3v) is 5.25. The number of nitrogens with zero attached hydrogens (tertiary/aromatic N) is 1. The lowest BCUT2D eigenvalue weighted by Gasteiger charge is -2.32. The molecule has 1 aromatic carbocycles. The van der Waals surface area contributed by atoms with E-state index in [9.17, 15) is 8.42 Å². The molecule has 1 unspecified atom stereocenters. The minimum atomic E-state index is -3.41. The molecule has 1 saturated heterocycles. The van der Waals surface area contributed by atoms with Gasteiger partial charge in [-0.15, -0.1) is 0 Å². The topological polar surface area (TPSA) is 58.6 Å². The van der Waals surface area contributed by atoms with Crippen LogP contribution in [0.3, 0.4) is 0 Å². The second kappa shape index (κ2) is 6.00. The maximum absolute atomic E-state index is 12.5. The van der Waals surface area contributed by atoms with E-state index in [4.69, 9.17) is 4.74 Å². The van der Waals surface area contributed by atoms with E-state index in [2.05, 4.69) is 5.32 Å². The third kappa shape index (κ3) is 3.14. The molecular weight excluding hydrogens is 264 g/mol. The second-order valence-electron chi connectivity index (χ2n) is 4.71. The fraction of sp³-hybridized carbons (Fsp3) is 0.538. The molecule has 6 heteroatoms. The summed E-state index contributed by atoms with van der Waals surface area (Å²) in [5, 5.41) is 3.04. The van der Waals surface area contributed by atoms with Crippen molar-refractivity contribution in [2.24, 2.45) is 0 Å². The third-order valence-electron chi connectivity index (χ3n) is 3.22. The number of hydrogen-bond acceptors (Lipinski definition) is 4. The van der Waals surface area contributed by atoms with E-state index in [1.807, 2.05) is 26.1 Å². The molecule has 1 N–H and O–H groups in total. The van der Waals surface area contributed by atoms with Gasteiger partial charge in [-0.2, -0.15) is 4.31 Å². The lowest BCUT2D eigenvalue weighted by Crippen LogP contribution is -2.46. The first-order valence-electron chi connectivity index (χ1n) is 6.39. The van der Waals surface area contributed by atoms with Gasteiger partial charge in [-0.3, -0.25) is 0 Å². The Kier molecular flexibility index (Phi) is 4.57. The number of morpholine rings is 1. The van der Waals surface area contributed by atoms with Crippen LogP contribution in [0.1, 0.15) is 12.5 Å². The molecule has 2 rings (SSSR count). The van der Waals surface area contributed by atoms with Crippen LogP contribution in [0.25, 0.3) is 0 Å². The first kappa shape index (κ1) is 14.5. The molecule has 1 atom stereocenters. The van der Waals surface area contributed by atoms with Gasteiger partial charge in [-0.05, 0) is 31.7 Å². The Morgan fingerprint density at radius 2 is 2.05 bits per heavy atom. The van der Waals surface area contributed by atoms with Gasteiger partial charge in [0.25, 0.3) is 0 Å². The summed E-state index contributed by atoms with van der Waals surface area (Å²) in [7, 11) is -1.55. The van der Waals surface area contributed by atoms with Crippen molar-refractivity contribution in [1.29, 1.82) is 0 Å². The normalized spacial score (nSPS) is 21.5. The summed E-state index contributed by atoms with van der Waals surface area (Å²) in [5.41, 5.74) is 1.07. The molecule has 19 heavy (non-hydrogen) atoms. The quantitative estimate of drug-likeness (QED) is 0.889. The maximum Gasteiger partial charge on any atom is 0.243 e. The minimum absolute atomic E-state index is 0.115. The SMILES string of the molecule is CNCc1ccc(S(=O)(=O)N2CCOCC2C)cc1. The predicted molar refractivity (Wildman–Crippen MR) is 73.4 cm³/mol. The Balaban J connectivity index is 2.23. The molecule has 5 nitrogen and oxygen atoms in total. The number of sulfonamides is 1. The molecule has 0 radical (unpaired) electrons. The van der Waals surface area contributed by atoms with Crippen LogP contribution < -0.4 is 5.32 Å². The Labute approximate surface area is 114 Å². The van der Waals surface area contributed by atoms with Gasteiger partial charge in [-0.1, -0.05) is 12.1 Å². The van der Waals surface area contributed by atoms with Crippen molar-refractivity contribution in [2.45, 2.75) is 24.4 Å². The molecule has 106 valence electrons. The zero-order chi connectivity index (χ0) is 13.9. The highest BCUT2D eigenvalue weighted by molar-refractivity contribution is 7.89. The van der Waals surface area contributed by atoms with E-state index in [1.54, 1.807) is 12.1 Å². The van der Waals surface area contributed by atoms with Crippen molar-refractivity contribution in [1.82, 2.24) is 9.62 Å². The lowest BCUT2D eigenvalue weighted by molar-refractivity contribution is 0.0393. The van der Waals surface area contributed by atoms with E-state index >= 15 is 0 Å². The maximum atomic E-state index is 12.5. The van der Waals surface area contributed by atoms with Gasteiger partial charge in [0.2, 0.25) is 10.0 Å². The lowest BCUT2D eigenvalue weighted by atomic mass is 10.2. The molecule has 0 spiro atoms. The summed E-state index contributed by atoms with van der Waals surface area (Å²) in [5.74, 6) is 0. The van der Waals surface area contributed by atoms with Gasteiger partial charge in [0.1, 0.15) is 0 Å². The van der Waals surface area contributed by atoms with Gasteiger partial charge in [-0.25, -0.2) is 8.42 Å². The van der Waals surface area contributed by atoms with Crippen molar-refractivity contribution in [3.8, 4) is 0 Å². The second-order valence-corrected chi connectivity index (χ2v) is 6.60. The van der Waals surface area contributed by atoms with Crippen LogP contribution in [0.4, 0.5) is 0 Å². The van der Waals surface area contributed by atoms with Crippen LogP contribution in [-0.4, -0.2) is 45.6 Å². The average Bonchev–Trinajstić information content (AvgIpc) is 2.40. The Bertz CT molecular complexity index is 513. The van der Waals surface area contributed by atoms with Gasteiger partial charge in [0.15, 0.2) is 0 Å². The molecule has 1 aliphatic rings. The van der Waals surface area contributed by atoms with Crippen molar-refractivity contribution in [3.63, 3.8) is 0 Å². The van der Waals surface area contributed by atoms with Crippen LogP contribution >= 0.6 is 0 Å². The first-order chi connectivity index (χ1) is 9.05. The average molecular weight is 284 g/mol. The fourth-order valence-electron chi connectivity index (χ4n) is 2.19. The molecular formula is C13H20N2O3S. The monoisotopic (exact) mass is 284 g/mol. The Hall–Kier alpha value is -0.950. The smallest absolute Gasteiger partial charge is 0.243 e. The standard InChI is InChI=1S/C13H20N2O3S/c1-11-10-18-8-7-15(11)19(16,17)13-5-3-12(4-6-13)9-14-2/h3-6,11,14H,7-10H2,1-2H3. The molecule has 1 fully saturated rings. The van der Waals surface area contributed by atoms with Crippen LogP contribution in [0, 0.1) is 0 Å². The van der Waals surface area contributed by atoms with E-state index in [1.165, 1.54) is 4.31 Å². The van der Waals surface area contributed by atoms with Crippen LogP contribution in [0.2, 0.25) is 0 Å². The first-order valence-corrected chi connectivity index (χ1v) is 7.83. The van der Waals surface area contributed by atoms with Crippen LogP contribution in [0.15, 0.2) is 29.2 Å². The molecule has 0 aliphatic carbocycles. The number of benzene rings is 1. The fourth-order valence-corrected chi connectivity index (χ4v) is 3.79. The molecule has 0 bridgehead atoms. The molecule has 0 saturated carbocycles. The summed E-state index contributed by atoms with van der Waals surface area (Å²) in [6, 6.07) is 6.91. The van der Waals surface area contributed by atoms with E-state index in [0.29, 0.717) is 24.7 Å². The highest BCUT2D eigenvalue weighted by Crippen LogP contribution is 2.20. The number of hydrogen-bond donors (Lipinski definition) is 1. The molecule has 1 aromatic rings. The molecule has 0 aromatic heterocycles. The van der Waals surface area contributed by atoms with E-state index in [-0.39, 0.29) is 6.04 Å². The summed E-state index contributed by atoms with van der Waals surface area (Å²) in [4.78, 5) is 0.348. The van der Waals surface area contributed by atoms with Gasteiger partial charge in [0, 0.05) is 19.1 Å². The number of rotatable bonds is 4. The zero-order valence-corrected chi connectivity index (χ0v) is 12.1. The van der Waals surface area contributed by atoms with E-state index < -0.39 is 10.0 Å². The van der Waals surface area contributed by atoms with Crippen LogP contribution in [0.5, 0.6) is 0 Å². The van der Waals surface area contributed by atoms with Crippen molar-refractivity contribution in [2.75, 3.05) is 26.8 Å². The molecule has 1 heterocycles. The van der Waals surface area contributed by atoms with Crippen molar-refractivity contribution < 1.29 is 13.2 Å². The Morgan fingerprint density at radius 3 is 2.63 bits per heavy atom. The Morgan fingerprint density at radius 1 is 1.37 bits per heavy atom. The number of ether oxygens (including phenoxy) is 1. The van der Waals surface area contributed by atoms with Gasteiger partial charge < -0.3 is 10.1 Å². The summed E-state index contributed by atoms with van der Waals surface area (Å²) >= 11 is 0. The summed E-state index contributed by atoms with van der Waals surface area (Å²) < 4.78 is 31.8. The minimum Gasteiger partial charge on any atom is -0.378 e. The summed E-state index contributed by atoms with van der Waals surface area (Å²) in [6.07, 6.45) is 0. The van der Waals surface area contributed by atoms with Gasteiger partial charge >= 0.3 is 0 Å². The van der Waals surface area contributed by atoms with Crippen molar-refractivity contribution in [3.05, 3.63) is 29.8 Å². The molecule has 0 amide bonds. The largest absolute Gasteiger partial charge is 0.378 e. The van der Waals surface area contributed by atoms with Crippen LogP contribution in [-0.2, 0) is 21.3 Å². The molecule has 1 aliphatic heterocycles. The van der Waals surface area contributed by atoms with E-state index in [0.717, 1.165) is 12.1 Å². The summed E-state index contributed by atoms with van der Waals surface area (Å²) in [6.45, 7) is 3.93. The number of nitrogens with one attached hydrogen (secondary N) is 1. The highest BCUT2D eigenvalue weighted by Gasteiger charge is 2.31. The highest BCUT2D eigenvalue weighted by atomic mass is 32.2. The van der Waals surface area contributed by atoms with Gasteiger partial charge in [0.05, 0.1) is 18.1 Å².